The van der Waals surface area contributed by atoms with Crippen LogP contribution in [-0.2, 0) is 18.3 Å². The molecule has 4 N–H and O–H groups in total. The molecule has 0 saturated carbocycles. The summed E-state index contributed by atoms with van der Waals surface area (Å²) in [5.74, 6) is 2.02. The van der Waals surface area contributed by atoms with Gasteiger partial charge in [0.15, 0.2) is 0 Å². The van der Waals surface area contributed by atoms with E-state index >= 15 is 0 Å². The van der Waals surface area contributed by atoms with Gasteiger partial charge in [0.25, 0.3) is 0 Å². The molecule has 1 aliphatic heterocycles. The van der Waals surface area contributed by atoms with Crippen LogP contribution in [0.3, 0.4) is 0 Å². The van der Waals surface area contributed by atoms with Crippen LogP contribution >= 0.6 is 36.3 Å². The minimum absolute atomic E-state index is 0.118. The van der Waals surface area contributed by atoms with Gasteiger partial charge < -0.3 is 16.2 Å². The Labute approximate surface area is 445 Å². The number of hydrogen-bond acceptors (Lipinski definition) is 4. The molecule has 1 aliphatic rings. The normalized spacial score (nSPS) is 11.9. The SMILES string of the molecule is Brc1ccccc1.CC1(C)c2cccc(Pc3ccccc3)c2Oc2c(Sc3ccccc3)cccc21.Nc1cc2ccccc2cc1N.c1ccc(Cc2cc3ccccc3cc2Cc2ccccc2)cc1. The maximum Gasteiger partial charge on any atom is 0.145 e. The number of halogens is 1. The van der Waals surface area contributed by atoms with Gasteiger partial charge in [0.1, 0.15) is 11.5 Å². The highest BCUT2D eigenvalue weighted by Gasteiger charge is 2.36. The van der Waals surface area contributed by atoms with Crippen molar-refractivity contribution >= 4 is 79.8 Å². The lowest BCUT2D eigenvalue weighted by Gasteiger charge is -2.36. The highest BCUT2D eigenvalue weighted by atomic mass is 79.9. The van der Waals surface area contributed by atoms with E-state index in [0.29, 0.717) is 20.0 Å². The van der Waals surface area contributed by atoms with Crippen molar-refractivity contribution in [3.63, 3.8) is 0 Å². The Morgan fingerprint density at radius 1 is 0.438 bits per heavy atom. The van der Waals surface area contributed by atoms with E-state index in [1.54, 1.807) is 11.8 Å². The second-order valence-corrected chi connectivity index (χ2v) is 21.8. The second-order valence-electron chi connectivity index (χ2n) is 18.4. The first-order chi connectivity index (χ1) is 35.7. The second kappa shape index (κ2) is 24.3. The molecule has 1 unspecified atom stereocenters. The zero-order chi connectivity index (χ0) is 50.4. The van der Waals surface area contributed by atoms with E-state index in [1.807, 2.05) is 66.7 Å². The van der Waals surface area contributed by atoms with Gasteiger partial charge in [0.05, 0.1) is 16.3 Å². The lowest BCUT2D eigenvalue weighted by Crippen LogP contribution is -2.27. The van der Waals surface area contributed by atoms with Gasteiger partial charge in [-0.1, -0.05) is 269 Å². The molecule has 1 heterocycles. The number of anilines is 2. The molecule has 12 rings (SSSR count). The molecule has 0 fully saturated rings. The van der Waals surface area contributed by atoms with Crippen LogP contribution in [0.2, 0.25) is 0 Å². The van der Waals surface area contributed by atoms with E-state index in [1.165, 1.54) is 59.7 Å². The number of hydrogen-bond donors (Lipinski definition) is 2. The van der Waals surface area contributed by atoms with E-state index in [-0.39, 0.29) is 5.41 Å². The van der Waals surface area contributed by atoms with Crippen LogP contribution in [0.15, 0.2) is 275 Å². The molecule has 6 heteroatoms. The molecule has 0 amide bonds. The molecule has 1 atom stereocenters. The molecular weight excluding hydrogens is 992 g/mol. The molecule has 0 radical (unpaired) electrons. The predicted molar refractivity (Wildman–Crippen MR) is 319 cm³/mol. The fraction of sp³-hybridized carbons (Fsp3) is 0.0746. The van der Waals surface area contributed by atoms with Gasteiger partial charge in [-0.05, 0) is 104 Å². The Bertz CT molecular complexity index is 3330. The smallest absolute Gasteiger partial charge is 0.145 e. The number of ether oxygens (including phenoxy) is 1. The molecule has 0 saturated heterocycles. The molecule has 11 aromatic rings. The van der Waals surface area contributed by atoms with E-state index < -0.39 is 0 Å². The zero-order valence-corrected chi connectivity index (χ0v) is 44.5. The van der Waals surface area contributed by atoms with Gasteiger partial charge in [-0.3, -0.25) is 0 Å². The molecule has 73 heavy (non-hydrogen) atoms. The van der Waals surface area contributed by atoms with E-state index in [4.69, 9.17) is 16.2 Å². The van der Waals surface area contributed by atoms with Crippen LogP contribution in [0.5, 0.6) is 11.5 Å². The lowest BCUT2D eigenvalue weighted by atomic mass is 9.76. The first-order valence-electron chi connectivity index (χ1n) is 24.5. The van der Waals surface area contributed by atoms with Crippen molar-refractivity contribution in [2.45, 2.75) is 41.9 Å². The first kappa shape index (κ1) is 50.5. The maximum absolute atomic E-state index is 6.71. The summed E-state index contributed by atoms with van der Waals surface area (Å²) >= 11 is 5.08. The Morgan fingerprint density at radius 2 is 0.849 bits per heavy atom. The summed E-state index contributed by atoms with van der Waals surface area (Å²) in [4.78, 5) is 2.38. The van der Waals surface area contributed by atoms with Crippen molar-refractivity contribution in [2.24, 2.45) is 0 Å². The number of nitrogens with two attached hydrogens (primary N) is 2. The van der Waals surface area contributed by atoms with Gasteiger partial charge in [-0.2, -0.15) is 0 Å². The Balaban J connectivity index is 0.000000135. The lowest BCUT2D eigenvalue weighted by molar-refractivity contribution is 0.411. The maximum atomic E-state index is 6.71. The monoisotopic (exact) mass is 1050 g/mol. The molecule has 0 bridgehead atoms. The molecule has 0 aliphatic carbocycles. The van der Waals surface area contributed by atoms with Crippen LogP contribution in [-0.4, -0.2) is 0 Å². The predicted octanol–water partition coefficient (Wildman–Crippen LogP) is 17.4. The standard InChI is InChI=1S/C27H23OPS.C24H20.C10H10N2.C6H5Br/c1-27(2)21-15-9-17-23(29-19-11-5-3-6-12-19)25(21)28-26-22(27)16-10-18-24(26)30-20-13-7-4-8-14-20;1-3-9-19(10-4-1)15-23-17-21-13-7-8-14-22(21)18-24(23)16-20-11-5-2-6-12-20;11-9-5-7-3-1-2-4-8(7)6-10(9)12;7-6-4-2-1-3-5-6/h3-18,29H,1-2H3;1-14,17-18H,15-16H2;1-6H,11-12H2;1-5H. The van der Waals surface area contributed by atoms with Crippen molar-refractivity contribution in [1.29, 1.82) is 0 Å². The Kier molecular flexibility index (Phi) is 16.9. The fourth-order valence-corrected chi connectivity index (χ4v) is 11.3. The van der Waals surface area contributed by atoms with E-state index in [0.717, 1.165) is 44.5 Å². The summed E-state index contributed by atoms with van der Waals surface area (Å²) in [5, 5.41) is 7.48. The van der Waals surface area contributed by atoms with Crippen molar-refractivity contribution < 1.29 is 4.74 Å². The van der Waals surface area contributed by atoms with Crippen molar-refractivity contribution in [3.05, 3.63) is 299 Å². The Hall–Kier alpha value is -7.40. The minimum Gasteiger partial charge on any atom is -0.455 e. The van der Waals surface area contributed by atoms with Gasteiger partial charge >= 0.3 is 0 Å². The zero-order valence-electron chi connectivity index (χ0n) is 41.1. The quantitative estimate of drug-likeness (QED) is 0.118. The minimum atomic E-state index is -0.118. The summed E-state index contributed by atoms with van der Waals surface area (Å²) < 4.78 is 7.84. The van der Waals surface area contributed by atoms with Gasteiger partial charge in [0, 0.05) is 31.2 Å². The summed E-state index contributed by atoms with van der Waals surface area (Å²) in [7, 11) is 0.567. The summed E-state index contributed by atoms with van der Waals surface area (Å²) in [6.45, 7) is 4.61. The van der Waals surface area contributed by atoms with Crippen LogP contribution in [0.4, 0.5) is 11.4 Å². The molecule has 3 nitrogen and oxygen atoms in total. The van der Waals surface area contributed by atoms with Crippen LogP contribution in [0.25, 0.3) is 21.5 Å². The highest BCUT2D eigenvalue weighted by molar-refractivity contribution is 9.10. The van der Waals surface area contributed by atoms with Crippen LogP contribution in [0.1, 0.15) is 47.2 Å². The number of benzene rings is 11. The van der Waals surface area contributed by atoms with Crippen molar-refractivity contribution in [1.82, 2.24) is 0 Å². The molecule has 11 aromatic carbocycles. The third kappa shape index (κ3) is 13.2. The van der Waals surface area contributed by atoms with Gasteiger partial charge in [-0.25, -0.2) is 0 Å². The summed E-state index contributed by atoms with van der Waals surface area (Å²) in [5.41, 5.74) is 20.6. The third-order valence-electron chi connectivity index (χ3n) is 12.8. The van der Waals surface area contributed by atoms with E-state index in [9.17, 15) is 0 Å². The number of nitrogen functional groups attached to an aromatic ring is 2. The molecular formula is C67H58BrN2OPS. The molecule has 0 spiro atoms. The van der Waals surface area contributed by atoms with Crippen molar-refractivity contribution in [2.75, 3.05) is 11.5 Å². The summed E-state index contributed by atoms with van der Waals surface area (Å²) in [6, 6.07) is 90.9. The van der Waals surface area contributed by atoms with Gasteiger partial charge in [0.2, 0.25) is 0 Å². The van der Waals surface area contributed by atoms with Gasteiger partial charge in [-0.15, -0.1) is 0 Å². The molecule has 0 aromatic heterocycles. The molecule has 360 valence electrons. The van der Waals surface area contributed by atoms with Crippen LogP contribution < -0.4 is 26.8 Å². The average Bonchev–Trinajstić information content (AvgIpc) is 3.42. The Morgan fingerprint density at radius 3 is 1.33 bits per heavy atom. The number of para-hydroxylation sites is 2. The van der Waals surface area contributed by atoms with E-state index in [2.05, 4.69) is 224 Å². The third-order valence-corrected chi connectivity index (χ3v) is 15.7. The number of rotatable bonds is 8. The highest BCUT2D eigenvalue weighted by Crippen LogP contribution is 2.52. The number of fused-ring (bicyclic) bond motifs is 4. The summed E-state index contributed by atoms with van der Waals surface area (Å²) in [6.07, 6.45) is 1.96. The first-order valence-corrected chi connectivity index (χ1v) is 27.1. The fourth-order valence-electron chi connectivity index (χ4n) is 8.96. The largest absolute Gasteiger partial charge is 0.455 e. The average molecular weight is 1050 g/mol. The van der Waals surface area contributed by atoms with Crippen molar-refractivity contribution in [3.8, 4) is 11.5 Å². The van der Waals surface area contributed by atoms with Crippen LogP contribution in [0, 0.1) is 0 Å². The topological polar surface area (TPSA) is 61.3 Å².